The second kappa shape index (κ2) is 7.04. The van der Waals surface area contributed by atoms with Crippen LogP contribution in [0.15, 0.2) is 4.47 Å². The number of ether oxygens (including phenoxy) is 1. The summed E-state index contributed by atoms with van der Waals surface area (Å²) in [5.41, 5.74) is 1.02. The summed E-state index contributed by atoms with van der Waals surface area (Å²) in [6.45, 7) is 6.38. The number of rotatable bonds is 6. The average molecular weight is 316 g/mol. The van der Waals surface area contributed by atoms with E-state index in [2.05, 4.69) is 52.0 Å². The zero-order chi connectivity index (χ0) is 13.7. The molecule has 1 rings (SSSR count). The van der Waals surface area contributed by atoms with Gasteiger partial charge in [-0.25, -0.2) is 9.97 Å². The molecule has 1 heterocycles. The van der Waals surface area contributed by atoms with Gasteiger partial charge in [0.1, 0.15) is 11.9 Å². The summed E-state index contributed by atoms with van der Waals surface area (Å²) in [7, 11) is 3.57. The Morgan fingerprint density at radius 1 is 1.33 bits per heavy atom. The molecule has 1 N–H and O–H groups in total. The van der Waals surface area contributed by atoms with Crippen molar-refractivity contribution in [1.29, 1.82) is 0 Å². The van der Waals surface area contributed by atoms with Crippen LogP contribution in [0.3, 0.4) is 0 Å². The predicted octanol–water partition coefficient (Wildman–Crippen LogP) is 3.89. The quantitative estimate of drug-likeness (QED) is 0.865. The summed E-state index contributed by atoms with van der Waals surface area (Å²) in [4.78, 5) is 9.18. The van der Waals surface area contributed by atoms with Gasteiger partial charge in [-0.15, -0.1) is 0 Å². The van der Waals surface area contributed by atoms with Crippen LogP contribution in [-0.2, 0) is 4.74 Å². The van der Waals surface area contributed by atoms with Gasteiger partial charge in [-0.1, -0.05) is 27.2 Å². The fraction of sp³-hybridized carbons (Fsp3) is 0.692. The lowest BCUT2D eigenvalue weighted by molar-refractivity contribution is 0.0874. The molecule has 4 nitrogen and oxygen atoms in total. The summed E-state index contributed by atoms with van der Waals surface area (Å²) in [5.74, 6) is 1.92. The van der Waals surface area contributed by atoms with Crippen LogP contribution in [0.4, 0.5) is 5.82 Å². The van der Waals surface area contributed by atoms with Gasteiger partial charge >= 0.3 is 0 Å². The molecule has 1 aromatic rings. The summed E-state index contributed by atoms with van der Waals surface area (Å²) in [6.07, 6.45) is 1.94. The second-order valence-corrected chi connectivity index (χ2v) is 5.34. The van der Waals surface area contributed by atoms with Crippen molar-refractivity contribution in [2.75, 3.05) is 19.5 Å². The fourth-order valence-corrected chi connectivity index (χ4v) is 2.62. The minimum absolute atomic E-state index is 0.0345. The number of aromatic nitrogens is 2. The lowest BCUT2D eigenvalue weighted by Crippen LogP contribution is -2.12. The summed E-state index contributed by atoms with van der Waals surface area (Å²) >= 11 is 3.56. The Morgan fingerprint density at radius 3 is 2.44 bits per heavy atom. The molecule has 1 aromatic heterocycles. The third-order valence-electron chi connectivity index (χ3n) is 2.80. The fourth-order valence-electron chi connectivity index (χ4n) is 1.79. The van der Waals surface area contributed by atoms with Gasteiger partial charge < -0.3 is 10.1 Å². The van der Waals surface area contributed by atoms with E-state index in [0.29, 0.717) is 5.92 Å². The highest BCUT2D eigenvalue weighted by Crippen LogP contribution is 2.31. The normalized spacial score (nSPS) is 12.8. The van der Waals surface area contributed by atoms with Crippen LogP contribution >= 0.6 is 15.9 Å². The number of hydrogen-bond acceptors (Lipinski definition) is 4. The SMILES string of the molecule is CCCC(OC)c1nc(NC)c(Br)c(C(C)C)n1. The molecule has 0 saturated heterocycles. The van der Waals surface area contributed by atoms with Crippen molar-refractivity contribution in [2.24, 2.45) is 0 Å². The molecule has 0 spiro atoms. The van der Waals surface area contributed by atoms with Crippen molar-refractivity contribution in [3.05, 3.63) is 16.0 Å². The van der Waals surface area contributed by atoms with Crippen LogP contribution in [0, 0.1) is 0 Å². The summed E-state index contributed by atoms with van der Waals surface area (Å²) in [6, 6.07) is 0. The lowest BCUT2D eigenvalue weighted by Gasteiger charge is -2.18. The third-order valence-corrected chi connectivity index (χ3v) is 3.58. The van der Waals surface area contributed by atoms with Gasteiger partial charge in [0, 0.05) is 14.2 Å². The van der Waals surface area contributed by atoms with E-state index in [-0.39, 0.29) is 6.10 Å². The minimum atomic E-state index is -0.0345. The first-order valence-electron chi connectivity index (χ1n) is 6.32. The van der Waals surface area contributed by atoms with E-state index < -0.39 is 0 Å². The van der Waals surface area contributed by atoms with Gasteiger partial charge in [0.25, 0.3) is 0 Å². The average Bonchev–Trinajstić information content (AvgIpc) is 2.36. The first-order valence-corrected chi connectivity index (χ1v) is 7.12. The van der Waals surface area contributed by atoms with Crippen molar-refractivity contribution in [1.82, 2.24) is 9.97 Å². The lowest BCUT2D eigenvalue weighted by atomic mass is 10.1. The highest BCUT2D eigenvalue weighted by molar-refractivity contribution is 9.10. The smallest absolute Gasteiger partial charge is 0.159 e. The van der Waals surface area contributed by atoms with E-state index in [0.717, 1.165) is 34.7 Å². The van der Waals surface area contributed by atoms with Gasteiger partial charge in [0.05, 0.1) is 10.2 Å². The highest BCUT2D eigenvalue weighted by Gasteiger charge is 2.19. The Hall–Kier alpha value is -0.680. The van der Waals surface area contributed by atoms with Gasteiger partial charge in [-0.05, 0) is 28.3 Å². The molecule has 0 aliphatic carbocycles. The predicted molar refractivity (Wildman–Crippen MR) is 78.0 cm³/mol. The zero-order valence-corrected chi connectivity index (χ0v) is 13.3. The maximum Gasteiger partial charge on any atom is 0.159 e. The van der Waals surface area contributed by atoms with E-state index in [1.54, 1.807) is 7.11 Å². The van der Waals surface area contributed by atoms with Crippen LogP contribution in [-0.4, -0.2) is 24.1 Å². The molecule has 0 fully saturated rings. The van der Waals surface area contributed by atoms with Crippen LogP contribution in [0.2, 0.25) is 0 Å². The molecule has 0 bridgehead atoms. The van der Waals surface area contributed by atoms with E-state index in [4.69, 9.17) is 4.74 Å². The molecule has 102 valence electrons. The molecule has 5 heteroatoms. The topological polar surface area (TPSA) is 47.0 Å². The van der Waals surface area contributed by atoms with Crippen molar-refractivity contribution in [3.63, 3.8) is 0 Å². The van der Waals surface area contributed by atoms with E-state index in [9.17, 15) is 0 Å². The van der Waals surface area contributed by atoms with Gasteiger partial charge in [-0.2, -0.15) is 0 Å². The van der Waals surface area contributed by atoms with E-state index in [1.165, 1.54) is 0 Å². The van der Waals surface area contributed by atoms with Crippen LogP contribution < -0.4 is 5.32 Å². The zero-order valence-electron chi connectivity index (χ0n) is 11.7. The molecule has 0 aliphatic rings. The number of hydrogen-bond donors (Lipinski definition) is 1. The van der Waals surface area contributed by atoms with Crippen molar-refractivity contribution >= 4 is 21.7 Å². The Kier molecular flexibility index (Phi) is 6.02. The largest absolute Gasteiger partial charge is 0.373 e. The molecule has 18 heavy (non-hydrogen) atoms. The van der Waals surface area contributed by atoms with Gasteiger partial charge in [0.15, 0.2) is 5.82 Å². The highest BCUT2D eigenvalue weighted by atomic mass is 79.9. The molecular weight excluding hydrogens is 294 g/mol. The molecule has 0 aromatic carbocycles. The van der Waals surface area contributed by atoms with Gasteiger partial charge in [-0.3, -0.25) is 0 Å². The molecular formula is C13H22BrN3O. The molecule has 0 saturated carbocycles. The van der Waals surface area contributed by atoms with Crippen LogP contribution in [0.5, 0.6) is 0 Å². The van der Waals surface area contributed by atoms with E-state index >= 15 is 0 Å². The number of methoxy groups -OCH3 is 1. The number of anilines is 1. The maximum atomic E-state index is 5.48. The Morgan fingerprint density at radius 2 is 2.00 bits per heavy atom. The van der Waals surface area contributed by atoms with Crippen molar-refractivity contribution < 1.29 is 4.74 Å². The standard InChI is InChI=1S/C13H22BrN3O/c1-6-7-9(18-5)12-16-11(8(2)3)10(14)13(15-4)17-12/h8-9H,6-7H2,1-5H3,(H,15,16,17). The Balaban J connectivity index is 3.23. The van der Waals surface area contributed by atoms with Crippen LogP contribution in [0.25, 0.3) is 0 Å². The Bertz CT molecular complexity index is 396. The van der Waals surface area contributed by atoms with E-state index in [1.807, 2.05) is 7.05 Å². The van der Waals surface area contributed by atoms with Crippen molar-refractivity contribution in [3.8, 4) is 0 Å². The molecule has 1 atom stereocenters. The minimum Gasteiger partial charge on any atom is -0.373 e. The summed E-state index contributed by atoms with van der Waals surface area (Å²) in [5, 5.41) is 3.10. The molecule has 1 unspecified atom stereocenters. The summed E-state index contributed by atoms with van der Waals surface area (Å²) < 4.78 is 6.42. The first-order chi connectivity index (χ1) is 8.54. The van der Waals surface area contributed by atoms with Crippen molar-refractivity contribution in [2.45, 2.75) is 45.6 Å². The number of halogens is 1. The van der Waals surface area contributed by atoms with Gasteiger partial charge in [0.2, 0.25) is 0 Å². The number of nitrogens with one attached hydrogen (secondary N) is 1. The Labute approximate surface area is 118 Å². The number of nitrogens with zero attached hydrogens (tertiary/aromatic N) is 2. The third kappa shape index (κ3) is 3.42. The van der Waals surface area contributed by atoms with Crippen LogP contribution in [0.1, 0.15) is 57.2 Å². The molecule has 0 aliphatic heterocycles. The second-order valence-electron chi connectivity index (χ2n) is 4.55. The maximum absolute atomic E-state index is 5.48. The molecule has 0 amide bonds. The monoisotopic (exact) mass is 315 g/mol. The molecule has 0 radical (unpaired) electrons. The first kappa shape index (κ1) is 15.4.